The minimum absolute atomic E-state index is 0.0264. The van der Waals surface area contributed by atoms with Crippen molar-refractivity contribution in [3.05, 3.63) is 35.9 Å². The second-order valence-corrected chi connectivity index (χ2v) is 4.34. The maximum absolute atomic E-state index is 11.5. The van der Waals surface area contributed by atoms with Gasteiger partial charge in [-0.2, -0.15) is 0 Å². The van der Waals surface area contributed by atoms with Gasteiger partial charge in [-0.15, -0.1) is 0 Å². The number of carbonyl (C=O) groups is 1. The van der Waals surface area contributed by atoms with E-state index in [0.717, 1.165) is 12.8 Å². The Morgan fingerprint density at radius 3 is 2.29 bits per heavy atom. The normalized spacial score (nSPS) is 20.1. The second kappa shape index (κ2) is 3.23. The van der Waals surface area contributed by atoms with E-state index in [4.69, 9.17) is 0 Å². The third-order valence-electron chi connectivity index (χ3n) is 3.62. The lowest BCUT2D eigenvalue weighted by molar-refractivity contribution is -0.122. The third kappa shape index (κ3) is 1.37. The van der Waals surface area contributed by atoms with Gasteiger partial charge in [-0.25, -0.2) is 0 Å². The fourth-order valence-corrected chi connectivity index (χ4v) is 2.29. The monoisotopic (exact) mass is 188 g/mol. The van der Waals surface area contributed by atoms with Gasteiger partial charge in [0.2, 0.25) is 0 Å². The van der Waals surface area contributed by atoms with Crippen molar-refractivity contribution in [1.29, 1.82) is 0 Å². The van der Waals surface area contributed by atoms with Crippen molar-refractivity contribution in [3.63, 3.8) is 0 Å². The van der Waals surface area contributed by atoms with Gasteiger partial charge < -0.3 is 0 Å². The molecule has 0 unspecified atom stereocenters. The topological polar surface area (TPSA) is 17.1 Å². The number of hydrogen-bond donors (Lipinski definition) is 0. The molecule has 0 radical (unpaired) electrons. The van der Waals surface area contributed by atoms with Gasteiger partial charge in [-0.1, -0.05) is 37.3 Å². The van der Waals surface area contributed by atoms with E-state index < -0.39 is 0 Å². The highest BCUT2D eigenvalue weighted by Crippen LogP contribution is 2.56. The lowest BCUT2D eigenvalue weighted by Crippen LogP contribution is -2.19. The molecular weight excluding hydrogens is 172 g/mol. The highest BCUT2D eigenvalue weighted by atomic mass is 16.1. The van der Waals surface area contributed by atoms with Gasteiger partial charge in [0.1, 0.15) is 5.78 Å². The first-order valence-corrected chi connectivity index (χ1v) is 5.23. The van der Waals surface area contributed by atoms with Crippen LogP contribution in [-0.2, 0) is 4.79 Å². The van der Waals surface area contributed by atoms with Crippen LogP contribution in [0.25, 0.3) is 0 Å². The summed E-state index contributed by atoms with van der Waals surface area (Å²) in [6.45, 7) is 3.90. The van der Waals surface area contributed by atoms with Gasteiger partial charge in [0.25, 0.3) is 0 Å². The molecular formula is C13H16O. The van der Waals surface area contributed by atoms with Crippen LogP contribution < -0.4 is 0 Å². The summed E-state index contributed by atoms with van der Waals surface area (Å²) in [5.41, 5.74) is 1.27. The van der Waals surface area contributed by atoms with Crippen LogP contribution in [-0.4, -0.2) is 5.78 Å². The van der Waals surface area contributed by atoms with E-state index in [1.165, 1.54) is 5.56 Å². The predicted molar refractivity (Wildman–Crippen MR) is 57.2 cm³/mol. The van der Waals surface area contributed by atoms with E-state index in [2.05, 4.69) is 19.1 Å². The molecule has 0 spiro atoms. The van der Waals surface area contributed by atoms with Crippen LogP contribution in [0.2, 0.25) is 0 Å². The Balaban J connectivity index is 2.25. The van der Waals surface area contributed by atoms with Crippen LogP contribution in [0.5, 0.6) is 0 Å². The lowest BCUT2D eigenvalue weighted by Gasteiger charge is -2.20. The number of benzene rings is 1. The zero-order chi connectivity index (χ0) is 10.2. The number of hydrogen-bond acceptors (Lipinski definition) is 1. The summed E-state index contributed by atoms with van der Waals surface area (Å²) in [5, 5.41) is 0. The number of Topliss-reactive ketones (excluding diaryl/α,β-unsaturated/α-hetero) is 1. The highest BCUT2D eigenvalue weighted by Gasteiger charge is 2.51. The third-order valence-corrected chi connectivity index (χ3v) is 3.62. The predicted octanol–water partition coefficient (Wildman–Crippen LogP) is 3.16. The number of carbonyl (C=O) groups excluding carboxylic acids is 1. The average molecular weight is 188 g/mol. The first-order valence-electron chi connectivity index (χ1n) is 5.23. The highest BCUT2D eigenvalue weighted by molar-refractivity contribution is 5.86. The molecule has 1 aliphatic rings. The fourth-order valence-electron chi connectivity index (χ4n) is 2.29. The minimum Gasteiger partial charge on any atom is -0.299 e. The quantitative estimate of drug-likeness (QED) is 0.712. The molecule has 1 atom stereocenters. The molecule has 1 aromatic rings. The van der Waals surface area contributed by atoms with E-state index in [-0.39, 0.29) is 5.41 Å². The summed E-state index contributed by atoms with van der Waals surface area (Å²) in [5.74, 6) is 0.732. The maximum Gasteiger partial charge on any atom is 0.136 e. The first kappa shape index (κ1) is 9.45. The molecule has 74 valence electrons. The molecule has 14 heavy (non-hydrogen) atoms. The fraction of sp³-hybridized carbons (Fsp3) is 0.462. The molecule has 0 amide bonds. The van der Waals surface area contributed by atoms with Crippen LogP contribution in [0.4, 0.5) is 0 Å². The maximum atomic E-state index is 11.5. The standard InChI is InChI=1S/C13H16O/c1-10(12-6-4-3-5-7-12)13(8-9-13)11(2)14/h3-7,10H,8-9H2,1-2H3/t10-/m0/s1. The van der Waals surface area contributed by atoms with Crippen molar-refractivity contribution in [3.8, 4) is 0 Å². The molecule has 0 heterocycles. The molecule has 1 fully saturated rings. The molecule has 0 saturated heterocycles. The van der Waals surface area contributed by atoms with Gasteiger partial charge in [-0.05, 0) is 31.2 Å². The van der Waals surface area contributed by atoms with Gasteiger partial charge >= 0.3 is 0 Å². The summed E-state index contributed by atoms with van der Waals surface area (Å²) in [6.07, 6.45) is 2.14. The van der Waals surface area contributed by atoms with E-state index >= 15 is 0 Å². The van der Waals surface area contributed by atoms with E-state index in [1.54, 1.807) is 6.92 Å². The second-order valence-electron chi connectivity index (χ2n) is 4.34. The Bertz CT molecular complexity index is 336. The van der Waals surface area contributed by atoms with Crippen LogP contribution in [0.3, 0.4) is 0 Å². The molecule has 2 rings (SSSR count). The number of rotatable bonds is 3. The summed E-state index contributed by atoms with van der Waals surface area (Å²) in [6, 6.07) is 10.3. The molecule has 1 aliphatic carbocycles. The summed E-state index contributed by atoms with van der Waals surface area (Å²) in [4.78, 5) is 11.5. The van der Waals surface area contributed by atoms with Crippen LogP contribution in [0.15, 0.2) is 30.3 Å². The van der Waals surface area contributed by atoms with Crippen molar-refractivity contribution in [2.75, 3.05) is 0 Å². The first-order chi connectivity index (χ1) is 6.67. The Kier molecular flexibility index (Phi) is 2.18. The van der Waals surface area contributed by atoms with Crippen LogP contribution in [0, 0.1) is 5.41 Å². The van der Waals surface area contributed by atoms with Crippen LogP contribution >= 0.6 is 0 Å². The minimum atomic E-state index is -0.0264. The average Bonchev–Trinajstić information content (AvgIpc) is 2.99. The van der Waals surface area contributed by atoms with Gasteiger partial charge in [0.05, 0.1) is 0 Å². The van der Waals surface area contributed by atoms with E-state index in [1.807, 2.05) is 18.2 Å². The van der Waals surface area contributed by atoms with Crippen LogP contribution in [0.1, 0.15) is 38.2 Å². The summed E-state index contributed by atoms with van der Waals surface area (Å²) < 4.78 is 0. The van der Waals surface area contributed by atoms with Crippen molar-refractivity contribution in [2.45, 2.75) is 32.6 Å². The number of ketones is 1. The van der Waals surface area contributed by atoms with E-state index in [9.17, 15) is 4.79 Å². The van der Waals surface area contributed by atoms with E-state index in [0.29, 0.717) is 11.7 Å². The molecule has 0 aliphatic heterocycles. The molecule has 0 N–H and O–H groups in total. The zero-order valence-corrected chi connectivity index (χ0v) is 8.79. The molecule has 1 saturated carbocycles. The summed E-state index contributed by atoms with van der Waals surface area (Å²) in [7, 11) is 0. The van der Waals surface area contributed by atoms with Gasteiger partial charge in [0.15, 0.2) is 0 Å². The lowest BCUT2D eigenvalue weighted by atomic mass is 9.82. The molecule has 0 aromatic heterocycles. The SMILES string of the molecule is CC(=O)C1([C@@H](C)c2ccccc2)CC1. The molecule has 0 bridgehead atoms. The Morgan fingerprint density at radius 2 is 1.86 bits per heavy atom. The van der Waals surface area contributed by atoms with Crippen molar-refractivity contribution < 1.29 is 4.79 Å². The Labute approximate surface area is 85.1 Å². The van der Waals surface area contributed by atoms with Gasteiger partial charge in [-0.3, -0.25) is 4.79 Å². The zero-order valence-electron chi connectivity index (χ0n) is 8.79. The summed E-state index contributed by atoms with van der Waals surface area (Å²) >= 11 is 0. The molecule has 1 nitrogen and oxygen atoms in total. The molecule has 1 heteroatoms. The van der Waals surface area contributed by atoms with Gasteiger partial charge in [0, 0.05) is 5.41 Å². The Morgan fingerprint density at radius 1 is 1.29 bits per heavy atom. The van der Waals surface area contributed by atoms with Crippen molar-refractivity contribution in [1.82, 2.24) is 0 Å². The molecule has 1 aromatic carbocycles. The smallest absolute Gasteiger partial charge is 0.136 e. The largest absolute Gasteiger partial charge is 0.299 e. The Hall–Kier alpha value is -1.11. The van der Waals surface area contributed by atoms with Crippen molar-refractivity contribution >= 4 is 5.78 Å². The van der Waals surface area contributed by atoms with Crippen molar-refractivity contribution in [2.24, 2.45) is 5.41 Å².